The van der Waals surface area contributed by atoms with Crippen molar-refractivity contribution in [3.63, 3.8) is 0 Å². The van der Waals surface area contributed by atoms with Crippen molar-refractivity contribution in [3.8, 4) is 23.0 Å². The molecule has 26 heavy (non-hydrogen) atoms. The number of nitrogens with one attached hydrogen (secondary N) is 1. The monoisotopic (exact) mass is 357 g/mol. The summed E-state index contributed by atoms with van der Waals surface area (Å²) in [5, 5.41) is 2.92. The second kappa shape index (κ2) is 8.47. The highest BCUT2D eigenvalue weighted by molar-refractivity contribution is 5.76. The Balaban J connectivity index is 1.45. The zero-order chi connectivity index (χ0) is 18.4. The topological polar surface area (TPSA) is 66.0 Å². The van der Waals surface area contributed by atoms with Gasteiger partial charge >= 0.3 is 0 Å². The number of ether oxygens (including phenoxy) is 4. The van der Waals surface area contributed by atoms with Crippen LogP contribution in [0.3, 0.4) is 0 Å². The number of hydrogen-bond donors (Lipinski definition) is 1. The first kappa shape index (κ1) is 17.9. The molecule has 0 fully saturated rings. The van der Waals surface area contributed by atoms with Crippen molar-refractivity contribution in [3.05, 3.63) is 48.0 Å². The molecular weight excluding hydrogens is 334 g/mol. The minimum absolute atomic E-state index is 0.0570. The lowest BCUT2D eigenvalue weighted by Gasteiger charge is -2.26. The molecule has 1 N–H and O–H groups in total. The molecule has 6 nitrogen and oxygen atoms in total. The third-order valence-corrected chi connectivity index (χ3v) is 4.16. The van der Waals surface area contributed by atoms with E-state index in [4.69, 9.17) is 18.9 Å². The third-order valence-electron chi connectivity index (χ3n) is 4.16. The lowest BCUT2D eigenvalue weighted by atomic mass is 10.1. The van der Waals surface area contributed by atoms with Crippen molar-refractivity contribution >= 4 is 5.91 Å². The van der Waals surface area contributed by atoms with Gasteiger partial charge in [-0.25, -0.2) is 0 Å². The van der Waals surface area contributed by atoms with Crippen LogP contribution in [0.2, 0.25) is 0 Å². The van der Waals surface area contributed by atoms with Gasteiger partial charge in [0.05, 0.1) is 20.6 Å². The average Bonchev–Trinajstić information content (AvgIpc) is 2.67. The summed E-state index contributed by atoms with van der Waals surface area (Å²) in [6.45, 7) is 0.915. The van der Waals surface area contributed by atoms with Gasteiger partial charge in [0, 0.05) is 6.54 Å². The fraction of sp³-hybridized carbons (Fsp3) is 0.350. The van der Waals surface area contributed by atoms with Gasteiger partial charge in [-0.1, -0.05) is 18.2 Å². The van der Waals surface area contributed by atoms with E-state index in [0.717, 1.165) is 11.3 Å². The Bertz CT molecular complexity index is 762. The minimum Gasteiger partial charge on any atom is -0.493 e. The second-order valence-electron chi connectivity index (χ2n) is 5.99. The largest absolute Gasteiger partial charge is 0.493 e. The lowest BCUT2D eigenvalue weighted by molar-refractivity contribution is -0.123. The van der Waals surface area contributed by atoms with Crippen LogP contribution >= 0.6 is 0 Å². The minimum atomic E-state index is -0.272. The molecule has 3 rings (SSSR count). The number of methoxy groups -OCH3 is 2. The fourth-order valence-electron chi connectivity index (χ4n) is 2.83. The standard InChI is InChI=1S/C20H23NO5/c1-23-16-8-7-14(11-19(16)24-2)9-10-21-20(22)12-15-13-25-17-5-3-4-6-18(17)26-15/h3-8,11,15H,9-10,12-13H2,1-2H3,(H,21,22)/t15-/m0/s1. The lowest BCUT2D eigenvalue weighted by Crippen LogP contribution is -2.36. The van der Waals surface area contributed by atoms with Crippen LogP contribution in [0.15, 0.2) is 42.5 Å². The van der Waals surface area contributed by atoms with Crippen molar-refractivity contribution in [2.24, 2.45) is 0 Å². The van der Waals surface area contributed by atoms with Crippen molar-refractivity contribution in [1.82, 2.24) is 5.32 Å². The Labute approximate surface area is 153 Å². The Kier molecular flexibility index (Phi) is 5.84. The molecule has 1 aliphatic rings. The van der Waals surface area contributed by atoms with Crippen LogP contribution in [0.5, 0.6) is 23.0 Å². The Morgan fingerprint density at radius 3 is 2.65 bits per heavy atom. The van der Waals surface area contributed by atoms with Gasteiger partial charge in [-0.3, -0.25) is 4.79 Å². The number of rotatable bonds is 7. The Hall–Kier alpha value is -2.89. The van der Waals surface area contributed by atoms with Gasteiger partial charge in [0.15, 0.2) is 23.0 Å². The van der Waals surface area contributed by atoms with Gasteiger partial charge in [0.25, 0.3) is 0 Å². The summed E-state index contributed by atoms with van der Waals surface area (Å²) in [6.07, 6.45) is 0.697. The van der Waals surface area contributed by atoms with Gasteiger partial charge in [-0.05, 0) is 36.2 Å². The molecule has 0 radical (unpaired) electrons. The molecule has 0 aromatic heterocycles. The molecule has 1 heterocycles. The van der Waals surface area contributed by atoms with Gasteiger partial charge in [0.2, 0.25) is 5.91 Å². The first-order valence-electron chi connectivity index (χ1n) is 8.55. The number of hydrogen-bond acceptors (Lipinski definition) is 5. The first-order chi connectivity index (χ1) is 12.7. The Morgan fingerprint density at radius 2 is 1.88 bits per heavy atom. The molecule has 6 heteroatoms. The van der Waals surface area contributed by atoms with E-state index in [1.165, 1.54) is 0 Å². The van der Waals surface area contributed by atoms with Crippen molar-refractivity contribution in [2.45, 2.75) is 18.9 Å². The van der Waals surface area contributed by atoms with E-state index in [2.05, 4.69) is 5.32 Å². The van der Waals surface area contributed by atoms with Crippen LogP contribution < -0.4 is 24.3 Å². The number of fused-ring (bicyclic) bond motifs is 1. The maximum Gasteiger partial charge on any atom is 0.223 e. The molecule has 2 aromatic rings. The van der Waals surface area contributed by atoms with Crippen LogP contribution in [0.25, 0.3) is 0 Å². The number of amides is 1. The van der Waals surface area contributed by atoms with Crippen molar-refractivity contribution < 1.29 is 23.7 Å². The molecule has 0 saturated carbocycles. The summed E-state index contributed by atoms with van der Waals surface area (Å²) in [4.78, 5) is 12.1. The van der Waals surface area contributed by atoms with Crippen LogP contribution in [0.4, 0.5) is 0 Å². The summed E-state index contributed by atoms with van der Waals surface area (Å²) < 4.78 is 21.9. The van der Waals surface area contributed by atoms with Crippen molar-refractivity contribution in [2.75, 3.05) is 27.4 Å². The molecule has 0 saturated heterocycles. The number of carbonyl (C=O) groups is 1. The Morgan fingerprint density at radius 1 is 1.12 bits per heavy atom. The number of para-hydroxylation sites is 2. The molecule has 1 atom stereocenters. The summed E-state index contributed by atoms with van der Waals surface area (Å²) >= 11 is 0. The second-order valence-corrected chi connectivity index (χ2v) is 5.99. The predicted octanol–water partition coefficient (Wildman–Crippen LogP) is 2.59. The molecule has 0 spiro atoms. The maximum absolute atomic E-state index is 12.1. The summed E-state index contributed by atoms with van der Waals surface area (Å²) in [5.41, 5.74) is 1.06. The molecule has 0 aliphatic carbocycles. The molecule has 138 valence electrons. The molecule has 0 unspecified atom stereocenters. The van der Waals surface area contributed by atoms with Gasteiger partial charge in [-0.15, -0.1) is 0 Å². The van der Waals surface area contributed by atoms with E-state index < -0.39 is 0 Å². The highest BCUT2D eigenvalue weighted by Gasteiger charge is 2.22. The normalized spacial score (nSPS) is 15.2. The van der Waals surface area contributed by atoms with Crippen LogP contribution in [-0.4, -0.2) is 39.4 Å². The zero-order valence-electron chi connectivity index (χ0n) is 15.0. The fourth-order valence-corrected chi connectivity index (χ4v) is 2.83. The summed E-state index contributed by atoms with van der Waals surface area (Å²) in [5.74, 6) is 2.72. The average molecular weight is 357 g/mol. The molecular formula is C20H23NO5. The first-order valence-corrected chi connectivity index (χ1v) is 8.55. The highest BCUT2D eigenvalue weighted by atomic mass is 16.6. The number of carbonyl (C=O) groups excluding carboxylic acids is 1. The number of benzene rings is 2. The summed E-state index contributed by atoms with van der Waals surface area (Å²) in [7, 11) is 3.21. The molecule has 0 bridgehead atoms. The van der Waals surface area contributed by atoms with E-state index in [1.807, 2.05) is 42.5 Å². The molecule has 1 aliphatic heterocycles. The molecule has 1 amide bonds. The van der Waals surface area contributed by atoms with E-state index in [9.17, 15) is 4.79 Å². The van der Waals surface area contributed by atoms with Gasteiger partial charge in [0.1, 0.15) is 12.7 Å². The smallest absolute Gasteiger partial charge is 0.223 e. The van der Waals surface area contributed by atoms with Gasteiger partial charge in [-0.2, -0.15) is 0 Å². The highest BCUT2D eigenvalue weighted by Crippen LogP contribution is 2.31. The zero-order valence-corrected chi connectivity index (χ0v) is 15.0. The van der Waals surface area contributed by atoms with Crippen molar-refractivity contribution in [1.29, 1.82) is 0 Å². The molecule has 2 aromatic carbocycles. The summed E-state index contributed by atoms with van der Waals surface area (Å²) in [6, 6.07) is 13.2. The SMILES string of the molecule is COc1ccc(CCNC(=O)C[C@H]2COc3ccccc3O2)cc1OC. The maximum atomic E-state index is 12.1. The quantitative estimate of drug-likeness (QED) is 0.825. The van der Waals surface area contributed by atoms with E-state index in [-0.39, 0.29) is 18.4 Å². The van der Waals surface area contributed by atoms with Gasteiger partial charge < -0.3 is 24.3 Å². The van der Waals surface area contributed by atoms with Crippen LogP contribution in [0, 0.1) is 0 Å². The van der Waals surface area contributed by atoms with Crippen LogP contribution in [0.1, 0.15) is 12.0 Å². The predicted molar refractivity (Wildman–Crippen MR) is 97.2 cm³/mol. The van der Waals surface area contributed by atoms with Crippen LogP contribution in [-0.2, 0) is 11.2 Å². The van der Waals surface area contributed by atoms with E-state index in [0.29, 0.717) is 36.8 Å². The van der Waals surface area contributed by atoms with E-state index >= 15 is 0 Å². The van der Waals surface area contributed by atoms with E-state index in [1.54, 1.807) is 14.2 Å². The third kappa shape index (κ3) is 4.39.